The molecule has 1 aliphatic carbocycles. The number of likely N-dealkylation sites (tertiary alicyclic amines) is 1. The molecule has 0 aromatic rings. The largest absolute Gasteiger partial charge is 0.381 e. The zero-order valence-electron chi connectivity index (χ0n) is 15.2. The van der Waals surface area contributed by atoms with Gasteiger partial charge in [-0.3, -0.25) is 0 Å². The minimum Gasteiger partial charge on any atom is -0.381 e. The van der Waals surface area contributed by atoms with E-state index in [0.29, 0.717) is 25.6 Å². The normalized spacial score (nSPS) is 28.6. The zero-order valence-corrected chi connectivity index (χ0v) is 16.0. The number of urea groups is 1. The van der Waals surface area contributed by atoms with Crippen molar-refractivity contribution in [1.82, 2.24) is 14.5 Å². The smallest absolute Gasteiger partial charge is 0.317 e. The third-order valence-electron chi connectivity index (χ3n) is 5.73. The van der Waals surface area contributed by atoms with Gasteiger partial charge in [0.15, 0.2) is 0 Å². The van der Waals surface area contributed by atoms with Gasteiger partial charge in [-0.15, -0.1) is 0 Å². The predicted molar refractivity (Wildman–Crippen MR) is 95.9 cm³/mol. The first-order valence-electron chi connectivity index (χ1n) is 9.54. The first-order valence-corrected chi connectivity index (χ1v) is 11.4. The van der Waals surface area contributed by atoms with Crippen molar-refractivity contribution in [3.63, 3.8) is 0 Å². The van der Waals surface area contributed by atoms with Gasteiger partial charge in [-0.2, -0.15) is 4.31 Å². The summed E-state index contributed by atoms with van der Waals surface area (Å²) in [5.41, 5.74) is 0. The molecule has 2 amide bonds. The molecule has 3 fully saturated rings. The van der Waals surface area contributed by atoms with E-state index in [1.54, 1.807) is 4.31 Å². The molecule has 3 aliphatic rings. The van der Waals surface area contributed by atoms with E-state index in [9.17, 15) is 13.2 Å². The Balaban J connectivity index is 1.53. The molecule has 0 bridgehead atoms. The highest BCUT2D eigenvalue weighted by atomic mass is 32.2. The quantitative estimate of drug-likeness (QED) is 0.790. The summed E-state index contributed by atoms with van der Waals surface area (Å²) in [6.45, 7) is 3.50. The summed E-state index contributed by atoms with van der Waals surface area (Å²) < 4.78 is 31.6. The number of rotatable bonds is 5. The topological polar surface area (TPSA) is 79.0 Å². The van der Waals surface area contributed by atoms with E-state index in [1.807, 2.05) is 4.90 Å². The van der Waals surface area contributed by atoms with Crippen molar-refractivity contribution in [3.05, 3.63) is 0 Å². The van der Waals surface area contributed by atoms with Crippen LogP contribution < -0.4 is 5.32 Å². The molecule has 0 aromatic heterocycles. The summed E-state index contributed by atoms with van der Waals surface area (Å²) in [7, 11) is -3.20. The lowest BCUT2D eigenvalue weighted by Gasteiger charge is -2.40. The molecule has 0 radical (unpaired) electrons. The second kappa shape index (κ2) is 8.22. The van der Waals surface area contributed by atoms with E-state index in [1.165, 1.54) is 6.26 Å². The van der Waals surface area contributed by atoms with E-state index in [0.717, 1.165) is 58.2 Å². The minimum atomic E-state index is -3.20. The molecule has 0 unspecified atom stereocenters. The van der Waals surface area contributed by atoms with Gasteiger partial charge >= 0.3 is 6.03 Å². The minimum absolute atomic E-state index is 0.0258. The van der Waals surface area contributed by atoms with Crippen LogP contribution in [0.2, 0.25) is 0 Å². The average Bonchev–Trinajstić information content (AvgIpc) is 2.91. The van der Waals surface area contributed by atoms with Crippen molar-refractivity contribution in [2.75, 3.05) is 39.1 Å². The Labute approximate surface area is 151 Å². The summed E-state index contributed by atoms with van der Waals surface area (Å²) in [6, 6.07) is 0.172. The standard InChI is InChI=1S/C17H31N3O4S/c1-25(22,23)20(15-4-2-5-15)16-6-3-9-19(10-7-16)17(21)18-12-14-8-11-24-13-14/h14-16H,2-13H2,1H3,(H,18,21)/t14-,16-/m0/s1. The van der Waals surface area contributed by atoms with Gasteiger partial charge in [0.1, 0.15) is 0 Å². The summed E-state index contributed by atoms with van der Waals surface area (Å²) in [5, 5.41) is 3.02. The zero-order chi connectivity index (χ0) is 17.9. The maximum atomic E-state index is 12.4. The van der Waals surface area contributed by atoms with Crippen LogP contribution in [0.15, 0.2) is 0 Å². The first kappa shape index (κ1) is 18.9. The van der Waals surface area contributed by atoms with Crippen molar-refractivity contribution < 1.29 is 17.9 Å². The lowest BCUT2D eigenvalue weighted by Crippen LogP contribution is -2.50. The second-order valence-corrected chi connectivity index (χ2v) is 9.55. The third kappa shape index (κ3) is 4.86. The fraction of sp³-hybridized carbons (Fsp3) is 0.941. The molecule has 2 heterocycles. The molecule has 25 heavy (non-hydrogen) atoms. The van der Waals surface area contributed by atoms with Gasteiger partial charge in [0.25, 0.3) is 0 Å². The number of nitrogens with zero attached hydrogens (tertiary/aromatic N) is 2. The lowest BCUT2D eigenvalue weighted by molar-refractivity contribution is 0.160. The molecule has 1 N–H and O–H groups in total. The van der Waals surface area contributed by atoms with Gasteiger partial charge in [-0.05, 0) is 38.5 Å². The van der Waals surface area contributed by atoms with Crippen molar-refractivity contribution in [2.24, 2.45) is 5.92 Å². The van der Waals surface area contributed by atoms with Crippen LogP contribution in [0.4, 0.5) is 4.79 Å². The molecule has 144 valence electrons. The van der Waals surface area contributed by atoms with E-state index < -0.39 is 10.0 Å². The van der Waals surface area contributed by atoms with Gasteiger partial charge in [0.2, 0.25) is 10.0 Å². The van der Waals surface area contributed by atoms with Crippen molar-refractivity contribution >= 4 is 16.1 Å². The Hall–Kier alpha value is -0.860. The average molecular weight is 374 g/mol. The van der Waals surface area contributed by atoms with Gasteiger partial charge in [-0.1, -0.05) is 6.42 Å². The molecule has 0 aromatic carbocycles. The number of carbonyl (C=O) groups excluding carboxylic acids is 1. The second-order valence-electron chi connectivity index (χ2n) is 7.67. The highest BCUT2D eigenvalue weighted by Crippen LogP contribution is 2.31. The molecular weight excluding hydrogens is 342 g/mol. The Morgan fingerprint density at radius 2 is 1.84 bits per heavy atom. The summed E-state index contributed by atoms with van der Waals surface area (Å²) >= 11 is 0. The van der Waals surface area contributed by atoms with E-state index in [4.69, 9.17) is 4.74 Å². The van der Waals surface area contributed by atoms with E-state index >= 15 is 0 Å². The van der Waals surface area contributed by atoms with Crippen LogP contribution in [0, 0.1) is 5.92 Å². The van der Waals surface area contributed by atoms with Crippen LogP contribution in [0.5, 0.6) is 0 Å². The monoisotopic (exact) mass is 373 g/mol. The molecule has 3 rings (SSSR count). The molecule has 2 aliphatic heterocycles. The van der Waals surface area contributed by atoms with Gasteiger partial charge in [0, 0.05) is 44.2 Å². The number of hydrogen-bond donors (Lipinski definition) is 1. The first-order chi connectivity index (χ1) is 11.9. The third-order valence-corrected chi connectivity index (χ3v) is 7.09. The number of nitrogens with one attached hydrogen (secondary N) is 1. The van der Waals surface area contributed by atoms with Gasteiger partial charge in [0.05, 0.1) is 12.9 Å². The highest BCUT2D eigenvalue weighted by Gasteiger charge is 2.37. The molecule has 1 saturated carbocycles. The Morgan fingerprint density at radius 3 is 2.44 bits per heavy atom. The summed E-state index contributed by atoms with van der Waals surface area (Å²) in [5.74, 6) is 0.419. The van der Waals surface area contributed by atoms with Crippen molar-refractivity contribution in [1.29, 1.82) is 0 Å². The van der Waals surface area contributed by atoms with Crippen molar-refractivity contribution in [3.8, 4) is 0 Å². The molecule has 8 heteroatoms. The molecule has 2 saturated heterocycles. The van der Waals surface area contributed by atoms with E-state index in [2.05, 4.69) is 5.32 Å². The SMILES string of the molecule is CS(=O)(=O)N(C1CCC1)[C@H]1CCCN(C(=O)NC[C@@H]2CCOC2)CC1. The number of sulfonamides is 1. The van der Waals surface area contributed by atoms with Crippen LogP contribution in [0.25, 0.3) is 0 Å². The predicted octanol–water partition coefficient (Wildman–Crippen LogP) is 1.40. The number of hydrogen-bond acceptors (Lipinski definition) is 4. The van der Waals surface area contributed by atoms with Gasteiger partial charge < -0.3 is 15.0 Å². The van der Waals surface area contributed by atoms with Crippen molar-refractivity contribution in [2.45, 2.75) is 57.0 Å². The Bertz CT molecular complexity index is 558. The summed E-state index contributed by atoms with van der Waals surface area (Å²) in [6.07, 6.45) is 7.80. The van der Waals surface area contributed by atoms with Crippen LogP contribution in [0.3, 0.4) is 0 Å². The van der Waals surface area contributed by atoms with Crippen LogP contribution in [0.1, 0.15) is 44.9 Å². The fourth-order valence-corrected chi connectivity index (χ4v) is 5.61. The number of carbonyl (C=O) groups is 1. The highest BCUT2D eigenvalue weighted by molar-refractivity contribution is 7.88. The molecule has 0 spiro atoms. The van der Waals surface area contributed by atoms with Crippen LogP contribution >= 0.6 is 0 Å². The lowest BCUT2D eigenvalue weighted by atomic mass is 9.91. The number of amides is 2. The maximum Gasteiger partial charge on any atom is 0.317 e. The van der Waals surface area contributed by atoms with Gasteiger partial charge in [-0.25, -0.2) is 13.2 Å². The molecule has 2 atom stereocenters. The van der Waals surface area contributed by atoms with E-state index in [-0.39, 0.29) is 18.1 Å². The maximum absolute atomic E-state index is 12.4. The van der Waals surface area contributed by atoms with Crippen LogP contribution in [-0.4, -0.2) is 74.8 Å². The number of ether oxygens (including phenoxy) is 1. The fourth-order valence-electron chi connectivity index (χ4n) is 4.11. The van der Waals surface area contributed by atoms with Crippen LogP contribution in [-0.2, 0) is 14.8 Å². The molecular formula is C17H31N3O4S. The Morgan fingerprint density at radius 1 is 1.12 bits per heavy atom. The Kier molecular flexibility index (Phi) is 6.22. The molecule has 7 nitrogen and oxygen atoms in total. The summed E-state index contributed by atoms with van der Waals surface area (Å²) in [4.78, 5) is 14.3.